The number of nitrogens with zero attached hydrogens (tertiary/aromatic N) is 1. The van der Waals surface area contributed by atoms with Crippen LogP contribution in [0.15, 0.2) is 48.4 Å². The molecule has 0 saturated heterocycles. The van der Waals surface area contributed by atoms with Gasteiger partial charge in [-0.05, 0) is 37.5 Å². The summed E-state index contributed by atoms with van der Waals surface area (Å²) in [5.41, 5.74) is 1.65. The number of pyridine rings is 1. The molecular weight excluding hydrogens is 505 g/mol. The third-order valence-electron chi connectivity index (χ3n) is 6.60. The zero-order valence-corrected chi connectivity index (χ0v) is 21.2. The SMILES string of the molecule is CC(O)OC(=O)C(Cc1ccc(NC(=O)c2c(Cl)cncc2Cl)cc1)NC1=CC(=O)C12CCCCC2. The van der Waals surface area contributed by atoms with Gasteiger partial charge in [-0.25, -0.2) is 4.79 Å². The summed E-state index contributed by atoms with van der Waals surface area (Å²) >= 11 is 12.1. The van der Waals surface area contributed by atoms with Crippen LogP contribution in [0.25, 0.3) is 0 Å². The summed E-state index contributed by atoms with van der Waals surface area (Å²) in [5.74, 6) is -0.989. The second-order valence-electron chi connectivity index (χ2n) is 9.13. The van der Waals surface area contributed by atoms with Crippen LogP contribution in [0.3, 0.4) is 0 Å². The molecule has 1 fully saturated rings. The summed E-state index contributed by atoms with van der Waals surface area (Å²) in [7, 11) is 0. The molecule has 1 aromatic heterocycles. The van der Waals surface area contributed by atoms with Crippen LogP contribution in [0.2, 0.25) is 10.0 Å². The van der Waals surface area contributed by atoms with E-state index in [9.17, 15) is 19.5 Å². The minimum atomic E-state index is -1.26. The number of ether oxygens (including phenoxy) is 1. The molecule has 1 saturated carbocycles. The minimum absolute atomic E-state index is 0.0989. The van der Waals surface area contributed by atoms with Crippen molar-refractivity contribution in [3.63, 3.8) is 0 Å². The number of benzene rings is 1. The van der Waals surface area contributed by atoms with Gasteiger partial charge in [0.15, 0.2) is 12.1 Å². The highest BCUT2D eigenvalue weighted by atomic mass is 35.5. The van der Waals surface area contributed by atoms with E-state index in [0.717, 1.165) is 43.4 Å². The highest BCUT2D eigenvalue weighted by Crippen LogP contribution is 2.48. The Morgan fingerprint density at radius 2 is 1.75 bits per heavy atom. The van der Waals surface area contributed by atoms with Crippen molar-refractivity contribution in [2.45, 2.75) is 57.8 Å². The molecule has 2 atom stereocenters. The predicted molar refractivity (Wildman–Crippen MR) is 136 cm³/mol. The number of carbonyl (C=O) groups is 3. The number of anilines is 1. The molecule has 36 heavy (non-hydrogen) atoms. The number of esters is 1. The van der Waals surface area contributed by atoms with Crippen LogP contribution in [0.4, 0.5) is 5.69 Å². The maximum atomic E-state index is 12.8. The Morgan fingerprint density at radius 3 is 2.33 bits per heavy atom. The Labute approximate surface area is 219 Å². The molecule has 3 N–H and O–H groups in total. The van der Waals surface area contributed by atoms with Crippen LogP contribution in [0.1, 0.15) is 54.9 Å². The van der Waals surface area contributed by atoms with E-state index < -0.39 is 29.6 Å². The van der Waals surface area contributed by atoms with Gasteiger partial charge in [-0.1, -0.05) is 54.6 Å². The molecule has 2 unspecified atom stereocenters. The van der Waals surface area contributed by atoms with Crippen molar-refractivity contribution in [2.24, 2.45) is 5.41 Å². The van der Waals surface area contributed by atoms with Gasteiger partial charge in [0.25, 0.3) is 5.91 Å². The van der Waals surface area contributed by atoms with Gasteiger partial charge in [-0.3, -0.25) is 14.6 Å². The second kappa shape index (κ2) is 11.0. The Bertz CT molecular complexity index is 1170. The first kappa shape index (κ1) is 26.1. The van der Waals surface area contributed by atoms with Gasteiger partial charge in [0.1, 0.15) is 6.04 Å². The van der Waals surface area contributed by atoms with Crippen molar-refractivity contribution >= 4 is 46.5 Å². The van der Waals surface area contributed by atoms with Gasteiger partial charge in [0.05, 0.1) is 21.0 Å². The number of carbonyl (C=O) groups excluding carboxylic acids is 3. The number of amides is 1. The largest absolute Gasteiger partial charge is 0.435 e. The zero-order chi connectivity index (χ0) is 25.9. The molecule has 1 amide bonds. The molecule has 0 bridgehead atoms. The van der Waals surface area contributed by atoms with E-state index in [1.54, 1.807) is 30.3 Å². The van der Waals surface area contributed by atoms with Crippen molar-refractivity contribution in [3.05, 3.63) is 69.6 Å². The molecule has 1 aromatic carbocycles. The first-order valence-corrected chi connectivity index (χ1v) is 12.6. The molecule has 2 aliphatic carbocycles. The normalized spacial score (nSPS) is 18.0. The van der Waals surface area contributed by atoms with Crippen LogP contribution < -0.4 is 10.6 Å². The second-order valence-corrected chi connectivity index (χ2v) is 9.95. The van der Waals surface area contributed by atoms with Crippen LogP contribution in [-0.2, 0) is 20.7 Å². The quantitative estimate of drug-likeness (QED) is 0.340. The number of hydrogen-bond acceptors (Lipinski definition) is 7. The number of nitrogens with one attached hydrogen (secondary N) is 2. The van der Waals surface area contributed by atoms with Gasteiger partial charge in [0.2, 0.25) is 0 Å². The number of ketones is 1. The van der Waals surface area contributed by atoms with E-state index in [0.29, 0.717) is 5.69 Å². The van der Waals surface area contributed by atoms with E-state index in [-0.39, 0.29) is 27.8 Å². The standard InChI is InChI=1S/C26H27Cl2N3O5/c1-15(32)36-25(35)20(31-21-12-22(33)26(21)9-3-2-4-10-26)11-16-5-7-17(8-6-16)30-24(34)23-18(27)13-29-14-19(23)28/h5-8,12-15,20,31-32H,2-4,9-11H2,1H3,(H,30,34). The van der Waals surface area contributed by atoms with Gasteiger partial charge >= 0.3 is 5.97 Å². The summed E-state index contributed by atoms with van der Waals surface area (Å²) < 4.78 is 5.06. The lowest BCUT2D eigenvalue weighted by Crippen LogP contribution is -2.52. The Hall–Kier alpha value is -2.94. The molecule has 2 aromatic rings. The fourth-order valence-electron chi connectivity index (χ4n) is 4.73. The van der Waals surface area contributed by atoms with Gasteiger partial charge in [0, 0.05) is 36.3 Å². The summed E-state index contributed by atoms with van der Waals surface area (Å²) in [6, 6.07) is 6.13. The Morgan fingerprint density at radius 1 is 1.11 bits per heavy atom. The fraction of sp³-hybridized carbons (Fsp3) is 0.385. The molecule has 0 aliphatic heterocycles. The first-order valence-electron chi connectivity index (χ1n) is 11.8. The van der Waals surface area contributed by atoms with Crippen LogP contribution in [-0.4, -0.2) is 40.1 Å². The minimum Gasteiger partial charge on any atom is -0.435 e. The highest BCUT2D eigenvalue weighted by molar-refractivity contribution is 6.40. The monoisotopic (exact) mass is 531 g/mol. The van der Waals surface area contributed by atoms with E-state index >= 15 is 0 Å². The Kier molecular flexibility index (Phi) is 7.97. The molecule has 190 valence electrons. The lowest BCUT2D eigenvalue weighted by molar-refractivity contribution is -0.167. The maximum Gasteiger partial charge on any atom is 0.331 e. The fourth-order valence-corrected chi connectivity index (χ4v) is 5.26. The number of halogens is 2. The zero-order valence-electron chi connectivity index (χ0n) is 19.7. The summed E-state index contributed by atoms with van der Waals surface area (Å²) in [6.07, 6.45) is 7.80. The highest BCUT2D eigenvalue weighted by Gasteiger charge is 2.49. The summed E-state index contributed by atoms with van der Waals surface area (Å²) in [6.45, 7) is 1.36. The number of hydrogen-bond donors (Lipinski definition) is 3. The van der Waals surface area contributed by atoms with Gasteiger partial charge in [-0.15, -0.1) is 0 Å². The number of aliphatic hydroxyl groups excluding tert-OH is 1. The number of aliphatic hydroxyl groups is 1. The van der Waals surface area contributed by atoms with E-state index in [2.05, 4.69) is 15.6 Å². The number of aromatic nitrogens is 1. The number of allylic oxidation sites excluding steroid dienone is 2. The third-order valence-corrected chi connectivity index (χ3v) is 7.18. The molecule has 8 nitrogen and oxygen atoms in total. The molecule has 2 aliphatic rings. The first-order chi connectivity index (χ1) is 17.2. The topological polar surface area (TPSA) is 118 Å². The molecular formula is C26H27Cl2N3O5. The number of rotatable bonds is 8. The van der Waals surface area contributed by atoms with Crippen molar-refractivity contribution in [2.75, 3.05) is 5.32 Å². The van der Waals surface area contributed by atoms with E-state index in [1.807, 2.05) is 0 Å². The maximum absolute atomic E-state index is 12.8. The average Bonchev–Trinajstić information content (AvgIpc) is 2.84. The summed E-state index contributed by atoms with van der Waals surface area (Å²) in [4.78, 5) is 41.7. The van der Waals surface area contributed by atoms with Crippen LogP contribution >= 0.6 is 23.2 Å². The molecule has 1 heterocycles. The van der Waals surface area contributed by atoms with Crippen molar-refractivity contribution in [3.8, 4) is 0 Å². The van der Waals surface area contributed by atoms with Crippen molar-refractivity contribution in [1.29, 1.82) is 0 Å². The molecule has 0 radical (unpaired) electrons. The Balaban J connectivity index is 1.47. The average molecular weight is 532 g/mol. The smallest absolute Gasteiger partial charge is 0.331 e. The summed E-state index contributed by atoms with van der Waals surface area (Å²) in [5, 5.41) is 15.8. The molecule has 4 rings (SSSR count). The molecule has 10 heteroatoms. The van der Waals surface area contributed by atoms with Crippen LogP contribution in [0, 0.1) is 5.41 Å². The van der Waals surface area contributed by atoms with Crippen molar-refractivity contribution < 1.29 is 24.2 Å². The van der Waals surface area contributed by atoms with Gasteiger partial charge < -0.3 is 20.5 Å². The van der Waals surface area contributed by atoms with Crippen LogP contribution in [0.5, 0.6) is 0 Å². The van der Waals surface area contributed by atoms with E-state index in [4.69, 9.17) is 27.9 Å². The molecule has 1 spiro atoms. The van der Waals surface area contributed by atoms with Crippen molar-refractivity contribution in [1.82, 2.24) is 10.3 Å². The van der Waals surface area contributed by atoms with Gasteiger partial charge in [-0.2, -0.15) is 0 Å². The lowest BCUT2D eigenvalue weighted by atomic mass is 9.62. The third kappa shape index (κ3) is 5.56. The lowest BCUT2D eigenvalue weighted by Gasteiger charge is -2.44. The predicted octanol–water partition coefficient (Wildman–Crippen LogP) is 4.44. The van der Waals surface area contributed by atoms with E-state index in [1.165, 1.54) is 19.3 Å².